The molecule has 3 rings (SSSR count). The Morgan fingerprint density at radius 1 is 1.35 bits per heavy atom. The molecule has 1 aromatic heterocycles. The minimum absolute atomic E-state index is 0.000677. The molecule has 7 heteroatoms. The summed E-state index contributed by atoms with van der Waals surface area (Å²) in [6, 6.07) is 6.87. The van der Waals surface area contributed by atoms with E-state index in [4.69, 9.17) is 25.4 Å². The smallest absolute Gasteiger partial charge is 0.279 e. The van der Waals surface area contributed by atoms with E-state index in [2.05, 4.69) is 4.98 Å². The highest BCUT2D eigenvalue weighted by Gasteiger charge is 2.32. The second-order valence-corrected chi connectivity index (χ2v) is 6.28. The van der Waals surface area contributed by atoms with Gasteiger partial charge >= 0.3 is 0 Å². The van der Waals surface area contributed by atoms with Crippen LogP contribution in [0.15, 0.2) is 36.7 Å². The lowest BCUT2D eigenvalue weighted by Crippen LogP contribution is -2.31. The minimum atomic E-state index is -0.383. The molecule has 1 aliphatic rings. The van der Waals surface area contributed by atoms with Gasteiger partial charge in [-0.3, -0.25) is 10.4 Å². The zero-order chi connectivity index (χ0) is 18.5. The Bertz CT molecular complexity index is 784. The Balaban J connectivity index is 1.94. The monoisotopic (exact) mass is 359 g/mol. The summed E-state index contributed by atoms with van der Waals surface area (Å²) in [5.74, 6) is 0.553. The Morgan fingerprint density at radius 3 is 2.92 bits per heavy atom. The van der Waals surface area contributed by atoms with Crippen molar-refractivity contribution in [1.82, 2.24) is 4.98 Å². The lowest BCUT2D eigenvalue weighted by molar-refractivity contribution is 0.108. The molecule has 6 nitrogen and oxygen atoms in total. The summed E-state index contributed by atoms with van der Waals surface area (Å²) in [7, 11) is 1.66. The average Bonchev–Trinajstić information content (AvgIpc) is 2.64. The van der Waals surface area contributed by atoms with Gasteiger partial charge in [0.15, 0.2) is 0 Å². The number of hydrogen-bond acceptors (Lipinski definition) is 5. The van der Waals surface area contributed by atoms with Gasteiger partial charge < -0.3 is 19.9 Å². The molecule has 3 N–H and O–H groups in total. The first kappa shape index (κ1) is 18.1. The number of aromatic nitrogens is 1. The van der Waals surface area contributed by atoms with Gasteiger partial charge in [-0.2, -0.15) is 0 Å². The SMILES string of the molecule is COCCC1COc2ccc(-c3cncc(F)c3)cc2C1COC(=N)N. The number of nitrogens with zero attached hydrogens (tertiary/aromatic N) is 1. The van der Waals surface area contributed by atoms with Gasteiger partial charge in [0.05, 0.1) is 19.4 Å². The number of nitrogens with one attached hydrogen (secondary N) is 1. The summed E-state index contributed by atoms with van der Waals surface area (Å²) in [5.41, 5.74) is 7.87. The Morgan fingerprint density at radius 2 is 2.19 bits per heavy atom. The number of pyridine rings is 1. The van der Waals surface area contributed by atoms with Crippen molar-refractivity contribution in [3.63, 3.8) is 0 Å². The summed E-state index contributed by atoms with van der Waals surface area (Å²) in [6.45, 7) is 1.43. The molecule has 26 heavy (non-hydrogen) atoms. The molecule has 0 saturated carbocycles. The summed E-state index contributed by atoms with van der Waals surface area (Å²) in [5, 5.41) is 7.35. The average molecular weight is 359 g/mol. The lowest BCUT2D eigenvalue weighted by atomic mass is 9.82. The molecule has 2 unspecified atom stereocenters. The van der Waals surface area contributed by atoms with Crippen LogP contribution in [0.5, 0.6) is 5.75 Å². The van der Waals surface area contributed by atoms with Crippen LogP contribution in [0, 0.1) is 17.1 Å². The maximum Gasteiger partial charge on any atom is 0.279 e. The van der Waals surface area contributed by atoms with Crippen molar-refractivity contribution in [1.29, 1.82) is 5.41 Å². The molecule has 0 fully saturated rings. The number of fused-ring (bicyclic) bond motifs is 1. The van der Waals surface area contributed by atoms with E-state index in [9.17, 15) is 4.39 Å². The summed E-state index contributed by atoms with van der Waals surface area (Å²) in [4.78, 5) is 3.91. The van der Waals surface area contributed by atoms with Gasteiger partial charge in [0.25, 0.3) is 6.02 Å². The highest BCUT2D eigenvalue weighted by atomic mass is 19.1. The molecule has 0 aliphatic carbocycles. The van der Waals surface area contributed by atoms with Gasteiger partial charge in [-0.1, -0.05) is 6.07 Å². The Kier molecular flexibility index (Phi) is 5.68. The maximum atomic E-state index is 13.5. The third-order valence-electron chi connectivity index (χ3n) is 4.58. The van der Waals surface area contributed by atoms with Crippen molar-refractivity contribution in [3.05, 3.63) is 48.0 Å². The number of benzene rings is 1. The normalized spacial score (nSPS) is 18.7. The van der Waals surface area contributed by atoms with Crippen LogP contribution in [-0.4, -0.2) is 37.9 Å². The van der Waals surface area contributed by atoms with E-state index in [1.807, 2.05) is 18.2 Å². The van der Waals surface area contributed by atoms with E-state index in [1.165, 1.54) is 12.3 Å². The van der Waals surface area contributed by atoms with Crippen molar-refractivity contribution in [2.24, 2.45) is 11.7 Å². The van der Waals surface area contributed by atoms with Crippen LogP contribution in [0.4, 0.5) is 4.39 Å². The van der Waals surface area contributed by atoms with Gasteiger partial charge in [0.1, 0.15) is 11.6 Å². The van der Waals surface area contributed by atoms with Crippen LogP contribution in [-0.2, 0) is 9.47 Å². The lowest BCUT2D eigenvalue weighted by Gasteiger charge is -2.33. The molecule has 0 amide bonds. The van der Waals surface area contributed by atoms with Gasteiger partial charge in [-0.15, -0.1) is 0 Å². The van der Waals surface area contributed by atoms with E-state index in [1.54, 1.807) is 13.3 Å². The van der Waals surface area contributed by atoms with Gasteiger partial charge in [0.2, 0.25) is 0 Å². The highest BCUT2D eigenvalue weighted by Crippen LogP contribution is 2.40. The van der Waals surface area contributed by atoms with E-state index >= 15 is 0 Å². The zero-order valence-corrected chi connectivity index (χ0v) is 14.6. The molecule has 0 bridgehead atoms. The second-order valence-electron chi connectivity index (χ2n) is 6.28. The van der Waals surface area contributed by atoms with Crippen molar-refractivity contribution in [2.45, 2.75) is 12.3 Å². The Hall–Kier alpha value is -2.67. The first-order chi connectivity index (χ1) is 12.6. The van der Waals surface area contributed by atoms with Crippen LogP contribution in [0.3, 0.4) is 0 Å². The molecule has 2 atom stereocenters. The highest BCUT2D eigenvalue weighted by molar-refractivity contribution is 5.68. The number of rotatable bonds is 6. The van der Waals surface area contributed by atoms with Crippen molar-refractivity contribution >= 4 is 6.02 Å². The fourth-order valence-electron chi connectivity index (χ4n) is 3.25. The standard InChI is InChI=1S/C19H22FN3O3/c1-24-5-4-13-10-25-18-3-2-12(14-6-15(20)9-23-8-14)7-16(18)17(13)11-26-19(21)22/h2-3,6-9,13,17H,4-5,10-11H2,1H3,(H3,21,22). The molecule has 0 saturated heterocycles. The molecule has 1 aromatic carbocycles. The molecule has 2 heterocycles. The zero-order valence-electron chi connectivity index (χ0n) is 14.6. The summed E-state index contributed by atoms with van der Waals surface area (Å²) < 4.78 is 29.9. The van der Waals surface area contributed by atoms with Crippen LogP contribution in [0.25, 0.3) is 11.1 Å². The van der Waals surface area contributed by atoms with Gasteiger partial charge in [-0.25, -0.2) is 4.39 Å². The second kappa shape index (κ2) is 8.14. The summed E-state index contributed by atoms with van der Waals surface area (Å²) >= 11 is 0. The summed E-state index contributed by atoms with van der Waals surface area (Å²) in [6.07, 6.45) is 3.60. The topological polar surface area (TPSA) is 90.5 Å². The molecule has 138 valence electrons. The van der Waals surface area contributed by atoms with E-state index in [0.29, 0.717) is 18.8 Å². The number of methoxy groups -OCH3 is 1. The molecule has 0 spiro atoms. The van der Waals surface area contributed by atoms with Crippen LogP contribution < -0.4 is 10.5 Å². The predicted octanol–water partition coefficient (Wildman–Crippen LogP) is 2.93. The fraction of sp³-hybridized carbons (Fsp3) is 0.368. The van der Waals surface area contributed by atoms with E-state index in [-0.39, 0.29) is 30.3 Å². The largest absolute Gasteiger partial charge is 0.493 e. The molecular formula is C19H22FN3O3. The Labute approximate surface area is 151 Å². The minimum Gasteiger partial charge on any atom is -0.493 e. The molecule has 2 aromatic rings. The van der Waals surface area contributed by atoms with E-state index < -0.39 is 0 Å². The van der Waals surface area contributed by atoms with Gasteiger partial charge in [0, 0.05) is 42.9 Å². The van der Waals surface area contributed by atoms with Crippen molar-refractivity contribution in [3.8, 4) is 16.9 Å². The number of halogens is 1. The van der Waals surface area contributed by atoms with Crippen molar-refractivity contribution in [2.75, 3.05) is 26.9 Å². The number of hydrogen-bond donors (Lipinski definition) is 2. The molecule has 0 radical (unpaired) electrons. The third kappa shape index (κ3) is 4.11. The first-order valence-electron chi connectivity index (χ1n) is 8.42. The number of nitrogens with two attached hydrogens (primary N) is 1. The van der Waals surface area contributed by atoms with Crippen molar-refractivity contribution < 1.29 is 18.6 Å². The molecule has 1 aliphatic heterocycles. The third-order valence-corrected chi connectivity index (χ3v) is 4.58. The van der Waals surface area contributed by atoms with E-state index in [0.717, 1.165) is 23.3 Å². The fourth-order valence-corrected chi connectivity index (χ4v) is 3.25. The van der Waals surface area contributed by atoms with Crippen LogP contribution >= 0.6 is 0 Å². The number of ether oxygens (including phenoxy) is 3. The van der Waals surface area contributed by atoms with Gasteiger partial charge in [-0.05, 0) is 30.2 Å². The first-order valence-corrected chi connectivity index (χ1v) is 8.42. The number of amidine groups is 1. The quantitative estimate of drug-likeness (QED) is 0.611. The maximum absolute atomic E-state index is 13.5. The van der Waals surface area contributed by atoms with Crippen LogP contribution in [0.2, 0.25) is 0 Å². The van der Waals surface area contributed by atoms with Crippen LogP contribution in [0.1, 0.15) is 17.9 Å². The molecular weight excluding hydrogens is 337 g/mol. The predicted molar refractivity (Wildman–Crippen MR) is 95.7 cm³/mol.